The highest BCUT2D eigenvalue weighted by atomic mass is 35.5. The largest absolute Gasteiger partial charge is 0.507 e. The summed E-state index contributed by atoms with van der Waals surface area (Å²) in [5, 5.41) is 30.6. The second-order valence-corrected chi connectivity index (χ2v) is 9.04. The van der Waals surface area contributed by atoms with Gasteiger partial charge in [-0.15, -0.1) is 0 Å². The Kier molecular flexibility index (Phi) is 7.26. The van der Waals surface area contributed by atoms with Crippen LogP contribution < -0.4 is 11.0 Å². The van der Waals surface area contributed by atoms with Gasteiger partial charge in [0.25, 0.3) is 5.56 Å². The van der Waals surface area contributed by atoms with Gasteiger partial charge in [-0.3, -0.25) is 14.4 Å². The summed E-state index contributed by atoms with van der Waals surface area (Å²) in [7, 11) is 1.18. The molecule has 0 unspecified atom stereocenters. The number of hydrogen-bond donors (Lipinski definition) is 3. The zero-order valence-electron chi connectivity index (χ0n) is 20.0. The van der Waals surface area contributed by atoms with Crippen molar-refractivity contribution in [3.05, 3.63) is 96.7 Å². The Morgan fingerprint density at radius 2 is 1.81 bits per heavy atom. The molecule has 2 heterocycles. The second kappa shape index (κ2) is 10.4. The number of carbonyl (C=O) groups is 1. The number of phenolic OH excluding ortho intramolecular Hbond substituents is 2. The molecule has 4 rings (SSSR count). The fourth-order valence-electron chi connectivity index (χ4n) is 4.32. The average molecular weight is 526 g/mol. The molecule has 0 amide bonds. The third kappa shape index (κ3) is 5.17. The number of hydrogen-bond acceptors (Lipinski definition) is 8. The molecule has 0 aliphatic heterocycles. The van der Waals surface area contributed by atoms with Crippen LogP contribution in [-0.2, 0) is 22.5 Å². The number of benzene rings is 2. The van der Waals surface area contributed by atoms with E-state index >= 15 is 0 Å². The molecule has 0 spiro atoms. The summed E-state index contributed by atoms with van der Waals surface area (Å²) in [6, 6.07) is 10.3. The number of phenols is 2. The van der Waals surface area contributed by atoms with Gasteiger partial charge in [0, 0.05) is 28.7 Å². The lowest BCUT2D eigenvalue weighted by Gasteiger charge is -2.20. The molecule has 9 nitrogen and oxygen atoms in total. The molecular formula is C27H24ClNO8. The topological polar surface area (TPSA) is 139 Å². The quantitative estimate of drug-likeness (QED) is 0.243. The van der Waals surface area contributed by atoms with Crippen LogP contribution in [0.15, 0.2) is 62.7 Å². The highest BCUT2D eigenvalue weighted by molar-refractivity contribution is 6.31. The number of fused-ring (bicyclic) bond motifs is 1. The van der Waals surface area contributed by atoms with Crippen LogP contribution in [0.25, 0.3) is 11.0 Å². The first-order valence-corrected chi connectivity index (χ1v) is 11.7. The fraction of sp³-hybridized carbons (Fsp3) is 0.222. The van der Waals surface area contributed by atoms with Crippen molar-refractivity contribution < 1.29 is 29.3 Å². The molecule has 0 radical (unpaired) electrons. The molecule has 2 aromatic heterocycles. The lowest BCUT2D eigenvalue weighted by molar-refractivity contribution is -0.140. The van der Waals surface area contributed by atoms with E-state index in [-0.39, 0.29) is 45.9 Å². The molecule has 0 fully saturated rings. The van der Waals surface area contributed by atoms with Crippen molar-refractivity contribution in [2.45, 2.75) is 32.2 Å². The van der Waals surface area contributed by atoms with Crippen LogP contribution in [0.1, 0.15) is 34.7 Å². The molecule has 0 saturated heterocycles. The SMILES string of the molecule is COC(=O)C[C@H](c1coc2ccc(Cl)cc2c1=O)c1c(O)cc(C)n(CCc2ccc(O)c(O)c2)c1=O. The summed E-state index contributed by atoms with van der Waals surface area (Å²) in [5.41, 5.74) is 0.128. The van der Waals surface area contributed by atoms with E-state index in [2.05, 4.69) is 0 Å². The predicted molar refractivity (Wildman–Crippen MR) is 137 cm³/mol. The number of aromatic hydroxyl groups is 3. The minimum atomic E-state index is -1.16. The standard InChI is InChI=1S/C27H24ClNO8/c1-14-9-22(32)25(27(35)29(14)8-7-15-3-5-20(30)21(31)10-15)17(12-24(33)36-2)19-13-37-23-6-4-16(28)11-18(23)26(19)34/h3-6,9-11,13,17,30-32H,7-8,12H2,1-2H3/t17-/m1/s1. The van der Waals surface area contributed by atoms with Crippen LogP contribution in [0.2, 0.25) is 5.02 Å². The summed E-state index contributed by atoms with van der Waals surface area (Å²) in [4.78, 5) is 39.4. The number of halogens is 1. The van der Waals surface area contributed by atoms with Gasteiger partial charge in [-0.2, -0.15) is 0 Å². The number of aromatic nitrogens is 1. The number of carbonyl (C=O) groups excluding carboxylic acids is 1. The van der Waals surface area contributed by atoms with Crippen LogP contribution in [0.4, 0.5) is 0 Å². The van der Waals surface area contributed by atoms with E-state index in [0.29, 0.717) is 22.7 Å². The van der Waals surface area contributed by atoms with Crippen LogP contribution >= 0.6 is 11.6 Å². The van der Waals surface area contributed by atoms with E-state index in [4.69, 9.17) is 20.8 Å². The molecule has 37 heavy (non-hydrogen) atoms. The molecule has 1 atom stereocenters. The number of aryl methyl sites for hydroxylation is 2. The van der Waals surface area contributed by atoms with Crippen LogP contribution in [0.3, 0.4) is 0 Å². The van der Waals surface area contributed by atoms with Crippen molar-refractivity contribution in [3.63, 3.8) is 0 Å². The highest BCUT2D eigenvalue weighted by Crippen LogP contribution is 2.32. The van der Waals surface area contributed by atoms with Gasteiger partial charge in [0.05, 0.1) is 30.7 Å². The molecule has 3 N–H and O–H groups in total. The van der Waals surface area contributed by atoms with Crippen LogP contribution in [0, 0.1) is 6.92 Å². The van der Waals surface area contributed by atoms with Gasteiger partial charge in [0.15, 0.2) is 16.9 Å². The Morgan fingerprint density at radius 1 is 1.05 bits per heavy atom. The van der Waals surface area contributed by atoms with Crippen molar-refractivity contribution >= 4 is 28.5 Å². The maximum Gasteiger partial charge on any atom is 0.306 e. The summed E-state index contributed by atoms with van der Waals surface area (Å²) < 4.78 is 11.8. The van der Waals surface area contributed by atoms with Gasteiger partial charge in [-0.1, -0.05) is 17.7 Å². The zero-order chi connectivity index (χ0) is 26.9. The van der Waals surface area contributed by atoms with E-state index in [9.17, 15) is 29.7 Å². The van der Waals surface area contributed by atoms with Crippen molar-refractivity contribution in [1.29, 1.82) is 0 Å². The van der Waals surface area contributed by atoms with E-state index in [1.54, 1.807) is 19.1 Å². The Labute approximate surface area is 215 Å². The highest BCUT2D eigenvalue weighted by Gasteiger charge is 2.29. The van der Waals surface area contributed by atoms with Gasteiger partial charge in [-0.05, 0) is 55.3 Å². The van der Waals surface area contributed by atoms with Gasteiger partial charge >= 0.3 is 5.97 Å². The third-order valence-electron chi connectivity index (χ3n) is 6.27. The molecule has 0 aliphatic rings. The van der Waals surface area contributed by atoms with E-state index in [0.717, 1.165) is 0 Å². The normalized spacial score (nSPS) is 12.0. The number of nitrogens with zero attached hydrogens (tertiary/aromatic N) is 1. The van der Waals surface area contributed by atoms with E-state index in [1.165, 1.54) is 48.3 Å². The van der Waals surface area contributed by atoms with Crippen molar-refractivity contribution in [2.24, 2.45) is 0 Å². The zero-order valence-corrected chi connectivity index (χ0v) is 20.8. The first-order chi connectivity index (χ1) is 17.6. The second-order valence-electron chi connectivity index (χ2n) is 8.61. The molecular weight excluding hydrogens is 502 g/mol. The van der Waals surface area contributed by atoms with Crippen LogP contribution in [0.5, 0.6) is 17.2 Å². The summed E-state index contributed by atoms with van der Waals surface area (Å²) >= 11 is 6.06. The minimum absolute atomic E-state index is 0.00794. The summed E-state index contributed by atoms with van der Waals surface area (Å²) in [5.74, 6) is -2.77. The fourth-order valence-corrected chi connectivity index (χ4v) is 4.49. The van der Waals surface area contributed by atoms with Crippen molar-refractivity contribution in [3.8, 4) is 17.2 Å². The molecule has 192 valence electrons. The lowest BCUT2D eigenvalue weighted by Crippen LogP contribution is -2.30. The van der Waals surface area contributed by atoms with Crippen LogP contribution in [-0.4, -0.2) is 33.0 Å². The maximum atomic E-state index is 13.7. The molecule has 0 bridgehead atoms. The maximum absolute atomic E-state index is 13.7. The third-order valence-corrected chi connectivity index (χ3v) is 6.51. The first kappa shape index (κ1) is 25.8. The minimum Gasteiger partial charge on any atom is -0.507 e. The van der Waals surface area contributed by atoms with Crippen molar-refractivity contribution in [2.75, 3.05) is 7.11 Å². The molecule has 0 aliphatic carbocycles. The number of ether oxygens (including phenoxy) is 1. The summed E-state index contributed by atoms with van der Waals surface area (Å²) in [6.45, 7) is 1.80. The molecule has 2 aromatic carbocycles. The van der Waals surface area contributed by atoms with Gasteiger partial charge < -0.3 is 29.0 Å². The van der Waals surface area contributed by atoms with Crippen molar-refractivity contribution in [1.82, 2.24) is 4.57 Å². The van der Waals surface area contributed by atoms with Gasteiger partial charge in [-0.25, -0.2) is 0 Å². The Bertz CT molecular complexity index is 1620. The average Bonchev–Trinajstić information content (AvgIpc) is 2.85. The Morgan fingerprint density at radius 3 is 2.51 bits per heavy atom. The Hall–Kier alpha value is -4.24. The van der Waals surface area contributed by atoms with E-state index < -0.39 is 29.3 Å². The molecule has 10 heteroatoms. The number of esters is 1. The summed E-state index contributed by atoms with van der Waals surface area (Å²) in [6.07, 6.45) is 1.09. The molecule has 0 saturated carbocycles. The van der Waals surface area contributed by atoms with E-state index in [1.807, 2.05) is 0 Å². The smallest absolute Gasteiger partial charge is 0.306 e. The Balaban J connectivity index is 1.84. The lowest BCUT2D eigenvalue weighted by atomic mass is 9.88. The molecule has 4 aromatic rings. The monoisotopic (exact) mass is 525 g/mol. The number of pyridine rings is 1. The number of rotatable bonds is 7. The first-order valence-electron chi connectivity index (χ1n) is 11.3. The number of methoxy groups -OCH3 is 1. The van der Waals surface area contributed by atoms with Gasteiger partial charge in [0.2, 0.25) is 0 Å². The van der Waals surface area contributed by atoms with Gasteiger partial charge in [0.1, 0.15) is 11.3 Å². The predicted octanol–water partition coefficient (Wildman–Crippen LogP) is 3.97.